The second-order valence-electron chi connectivity index (χ2n) is 8.47. The number of hydrogen-bond donors (Lipinski definition) is 0. The van der Waals surface area contributed by atoms with Crippen LogP contribution in [-0.4, -0.2) is 65.9 Å². The van der Waals surface area contributed by atoms with E-state index in [1.807, 2.05) is 0 Å². The number of piperidine rings is 1. The summed E-state index contributed by atoms with van der Waals surface area (Å²) in [6.07, 6.45) is -0.0562. The van der Waals surface area contributed by atoms with Crippen LogP contribution in [0.1, 0.15) is 30.9 Å². The number of anilines is 2. The largest absolute Gasteiger partial charge is 0.453 e. The van der Waals surface area contributed by atoms with Gasteiger partial charge in [0.25, 0.3) is 5.89 Å². The highest BCUT2D eigenvalue weighted by molar-refractivity contribution is 5.84. The van der Waals surface area contributed by atoms with E-state index in [-0.39, 0.29) is 18.5 Å². The fourth-order valence-electron chi connectivity index (χ4n) is 4.23. The smallest absolute Gasteiger partial charge is 0.409 e. The minimum absolute atomic E-state index is 0.0741. The van der Waals surface area contributed by atoms with E-state index in [2.05, 4.69) is 15.2 Å². The van der Waals surface area contributed by atoms with Gasteiger partial charge in [-0.1, -0.05) is 0 Å². The van der Waals surface area contributed by atoms with E-state index in [1.165, 1.54) is 25.4 Å². The molecule has 3 aromatic rings. The van der Waals surface area contributed by atoms with Crippen molar-refractivity contribution in [1.29, 1.82) is 0 Å². The van der Waals surface area contributed by atoms with Gasteiger partial charge in [-0.2, -0.15) is 8.78 Å². The molecule has 1 aliphatic rings. The molecule has 0 aliphatic carbocycles. The maximum atomic E-state index is 14.3. The number of methoxy groups -OCH3 is 1. The lowest BCUT2D eigenvalue weighted by atomic mass is 10.0. The van der Waals surface area contributed by atoms with Gasteiger partial charge in [0.1, 0.15) is 5.82 Å². The molecule has 0 spiro atoms. The van der Waals surface area contributed by atoms with Crippen LogP contribution in [0, 0.1) is 5.82 Å². The molecule has 1 aliphatic heterocycles. The second-order valence-corrected chi connectivity index (χ2v) is 8.47. The Morgan fingerprint density at radius 3 is 2.57 bits per heavy atom. The number of alkyl halides is 2. The lowest BCUT2D eigenvalue weighted by molar-refractivity contribution is -0.108. The number of nitrogens with zero attached hydrogens (tertiary/aromatic N) is 6. The van der Waals surface area contributed by atoms with Gasteiger partial charge in [0.15, 0.2) is 0 Å². The molecule has 1 aromatic carbocycles. The molecule has 37 heavy (non-hydrogen) atoms. The Labute approximate surface area is 210 Å². The molecule has 3 heterocycles. The normalized spacial score (nSPS) is 14.1. The summed E-state index contributed by atoms with van der Waals surface area (Å²) >= 11 is 0. The van der Waals surface area contributed by atoms with Crippen molar-refractivity contribution in [3.63, 3.8) is 0 Å². The van der Waals surface area contributed by atoms with Gasteiger partial charge in [-0.25, -0.2) is 9.18 Å². The van der Waals surface area contributed by atoms with E-state index in [1.54, 1.807) is 39.9 Å². The molecule has 13 heteroatoms. The van der Waals surface area contributed by atoms with Crippen molar-refractivity contribution in [3.8, 4) is 11.5 Å². The summed E-state index contributed by atoms with van der Waals surface area (Å²) in [5.41, 5.74) is 1.98. The molecule has 0 atom stereocenters. The Hall–Kier alpha value is -4.16. The molecule has 2 amide bonds. The van der Waals surface area contributed by atoms with E-state index in [4.69, 9.17) is 9.15 Å². The van der Waals surface area contributed by atoms with E-state index in [0.29, 0.717) is 55.0 Å². The highest BCUT2D eigenvalue weighted by atomic mass is 19.3. The summed E-state index contributed by atoms with van der Waals surface area (Å²) in [4.78, 5) is 33.2. The minimum Gasteiger partial charge on any atom is -0.453 e. The van der Waals surface area contributed by atoms with E-state index >= 15 is 0 Å². The molecule has 2 aromatic heterocycles. The molecule has 0 saturated carbocycles. The van der Waals surface area contributed by atoms with Gasteiger partial charge in [0, 0.05) is 32.4 Å². The number of pyridine rings is 1. The molecular formula is C24H25F3N6O4. The van der Waals surface area contributed by atoms with Crippen LogP contribution in [0.4, 0.5) is 29.3 Å². The number of likely N-dealkylation sites (tertiary alicyclic amines) is 1. The molecule has 4 rings (SSSR count). The molecule has 0 radical (unpaired) electrons. The third-order valence-electron chi connectivity index (χ3n) is 6.13. The van der Waals surface area contributed by atoms with Crippen molar-refractivity contribution < 1.29 is 31.9 Å². The zero-order valence-electron chi connectivity index (χ0n) is 20.2. The first-order chi connectivity index (χ1) is 17.8. The number of carbonyl (C=O) groups is 2. The molecular weight excluding hydrogens is 493 g/mol. The minimum atomic E-state index is -2.87. The summed E-state index contributed by atoms with van der Waals surface area (Å²) in [6, 6.07) is 7.27. The number of benzene rings is 1. The number of amides is 2. The number of hydrogen-bond acceptors (Lipinski definition) is 8. The first kappa shape index (κ1) is 25.9. The van der Waals surface area contributed by atoms with Crippen molar-refractivity contribution in [2.45, 2.75) is 31.9 Å². The fourth-order valence-corrected chi connectivity index (χ4v) is 4.23. The van der Waals surface area contributed by atoms with Gasteiger partial charge in [-0.3, -0.25) is 9.78 Å². The maximum Gasteiger partial charge on any atom is 0.409 e. The zero-order chi connectivity index (χ0) is 26.5. The van der Waals surface area contributed by atoms with E-state index in [0.717, 1.165) is 0 Å². The van der Waals surface area contributed by atoms with Crippen molar-refractivity contribution >= 4 is 23.9 Å². The van der Waals surface area contributed by atoms with Gasteiger partial charge in [-0.15, -0.1) is 10.2 Å². The Kier molecular flexibility index (Phi) is 7.89. The molecule has 1 saturated heterocycles. The number of rotatable bonds is 8. The lowest BCUT2D eigenvalue weighted by Gasteiger charge is -2.37. The van der Waals surface area contributed by atoms with Crippen molar-refractivity contribution in [2.24, 2.45) is 0 Å². The average molecular weight is 518 g/mol. The fraction of sp³-hybridized carbons (Fsp3) is 0.375. The van der Waals surface area contributed by atoms with E-state index in [9.17, 15) is 22.8 Å². The first-order valence-electron chi connectivity index (χ1n) is 11.4. The number of carbonyl (C=O) groups excluding carboxylic acids is 2. The van der Waals surface area contributed by atoms with Crippen LogP contribution < -0.4 is 9.80 Å². The average Bonchev–Trinajstić information content (AvgIpc) is 3.41. The third-order valence-corrected chi connectivity index (χ3v) is 6.13. The predicted octanol–water partition coefficient (Wildman–Crippen LogP) is 4.04. The van der Waals surface area contributed by atoms with Gasteiger partial charge in [0.2, 0.25) is 12.3 Å². The summed E-state index contributed by atoms with van der Waals surface area (Å²) < 4.78 is 49.4. The SMILES string of the molecule is COC(=O)N1CCC(N(C=O)c2ccc(F)cc2N(C)Cc2ccc(-c3nnc(C(F)F)o3)cn2)CC1. The Balaban J connectivity index is 1.50. The summed E-state index contributed by atoms with van der Waals surface area (Å²) in [5, 5.41) is 6.91. The molecule has 196 valence electrons. The van der Waals surface area contributed by atoms with Crippen LogP contribution >= 0.6 is 0 Å². The summed E-state index contributed by atoms with van der Waals surface area (Å²) in [6.45, 7) is 1.13. The van der Waals surface area contributed by atoms with Gasteiger partial charge >= 0.3 is 12.5 Å². The van der Waals surface area contributed by atoms with Crippen molar-refractivity contribution in [1.82, 2.24) is 20.1 Å². The Morgan fingerprint density at radius 2 is 1.97 bits per heavy atom. The van der Waals surface area contributed by atoms with Gasteiger partial charge < -0.3 is 23.9 Å². The number of ether oxygens (including phenoxy) is 1. The van der Waals surface area contributed by atoms with Crippen LogP contribution in [0.2, 0.25) is 0 Å². The van der Waals surface area contributed by atoms with Crippen LogP contribution in [0.15, 0.2) is 40.9 Å². The number of halogens is 3. The topological polar surface area (TPSA) is 105 Å². The zero-order valence-corrected chi connectivity index (χ0v) is 20.2. The lowest BCUT2D eigenvalue weighted by Crippen LogP contribution is -2.46. The molecule has 1 fully saturated rings. The molecule has 0 unspecified atom stereocenters. The monoisotopic (exact) mass is 518 g/mol. The summed E-state index contributed by atoms with van der Waals surface area (Å²) in [7, 11) is 3.06. The second kappa shape index (κ2) is 11.3. The van der Waals surface area contributed by atoms with Crippen LogP contribution in [0.25, 0.3) is 11.5 Å². The highest BCUT2D eigenvalue weighted by Crippen LogP contribution is 2.33. The molecule has 10 nitrogen and oxygen atoms in total. The van der Waals surface area contributed by atoms with Gasteiger partial charge in [-0.05, 0) is 43.2 Å². The van der Waals surface area contributed by atoms with Gasteiger partial charge in [0.05, 0.1) is 36.3 Å². The standard InChI is InChI=1S/C24H25F3N6O4/c1-31(13-17-5-3-15(12-28-17)22-29-30-23(37-22)21(26)27)20-11-16(25)4-6-19(20)33(14-34)18-7-9-32(10-8-18)24(35)36-2/h3-6,11-12,14,18,21H,7-10,13H2,1-2H3. The molecule has 0 bridgehead atoms. The first-order valence-corrected chi connectivity index (χ1v) is 11.4. The Morgan fingerprint density at radius 1 is 1.22 bits per heavy atom. The number of aromatic nitrogens is 3. The van der Waals surface area contributed by atoms with Crippen LogP contribution in [-0.2, 0) is 16.1 Å². The van der Waals surface area contributed by atoms with E-state index < -0.39 is 24.2 Å². The van der Waals surface area contributed by atoms with Crippen molar-refractivity contribution in [3.05, 3.63) is 53.9 Å². The summed E-state index contributed by atoms with van der Waals surface area (Å²) in [5.74, 6) is -1.31. The maximum absolute atomic E-state index is 14.3. The van der Waals surface area contributed by atoms with Crippen molar-refractivity contribution in [2.75, 3.05) is 37.0 Å². The van der Waals surface area contributed by atoms with Crippen LogP contribution in [0.5, 0.6) is 0 Å². The third kappa shape index (κ3) is 5.81. The highest BCUT2D eigenvalue weighted by Gasteiger charge is 2.29. The van der Waals surface area contributed by atoms with Crippen LogP contribution in [0.3, 0.4) is 0 Å². The molecule has 0 N–H and O–H groups in total. The quantitative estimate of drug-likeness (QED) is 0.412. The predicted molar refractivity (Wildman–Crippen MR) is 127 cm³/mol. The Bertz CT molecular complexity index is 1230.